The molecule has 0 spiro atoms. The first-order valence-electron chi connectivity index (χ1n) is 9.86. The average molecular weight is 426 g/mol. The first-order chi connectivity index (χ1) is 15.0. The number of benzene rings is 5. The van der Waals surface area contributed by atoms with Gasteiger partial charge in [-0.1, -0.05) is 97.1 Å². The molecular weight excluding hydrogens is 407 g/mol. The van der Waals surface area contributed by atoms with Crippen molar-refractivity contribution in [1.82, 2.24) is 0 Å². The van der Waals surface area contributed by atoms with Gasteiger partial charge < -0.3 is 4.52 Å². The molecule has 152 valence electrons. The maximum absolute atomic E-state index is 11.8. The van der Waals surface area contributed by atoms with Gasteiger partial charge in [-0.3, -0.25) is 9.79 Å². The third kappa shape index (κ3) is 3.73. The summed E-state index contributed by atoms with van der Waals surface area (Å²) in [6.45, 7) is 0. The van der Waals surface area contributed by atoms with Crippen LogP contribution in [-0.4, -0.2) is 9.79 Å². The minimum atomic E-state index is -4.75. The molecule has 0 aliphatic rings. The van der Waals surface area contributed by atoms with Gasteiger partial charge in [-0.25, -0.2) is 4.57 Å². The molecule has 0 aliphatic heterocycles. The highest BCUT2D eigenvalue weighted by molar-refractivity contribution is 7.46. The lowest BCUT2D eigenvalue weighted by atomic mass is 9.89. The van der Waals surface area contributed by atoms with Crippen molar-refractivity contribution in [3.63, 3.8) is 0 Å². The van der Waals surface area contributed by atoms with E-state index < -0.39 is 7.82 Å². The number of fused-ring (bicyclic) bond motifs is 2. The quantitative estimate of drug-likeness (QED) is 0.310. The zero-order valence-corrected chi connectivity index (χ0v) is 17.4. The molecule has 4 nitrogen and oxygen atoms in total. The Kier molecular flexibility index (Phi) is 4.84. The lowest BCUT2D eigenvalue weighted by Gasteiger charge is -2.19. The summed E-state index contributed by atoms with van der Waals surface area (Å²) in [5.74, 6) is 0.148. The highest BCUT2D eigenvalue weighted by Gasteiger charge is 2.23. The number of hydrogen-bond donors (Lipinski definition) is 2. The molecular formula is C26H19O4P. The van der Waals surface area contributed by atoms with Gasteiger partial charge in [0.2, 0.25) is 0 Å². The first kappa shape index (κ1) is 19.5. The van der Waals surface area contributed by atoms with Crippen molar-refractivity contribution in [2.75, 3.05) is 0 Å². The van der Waals surface area contributed by atoms with Crippen LogP contribution in [0.5, 0.6) is 5.75 Å². The Morgan fingerprint density at radius 2 is 1.03 bits per heavy atom. The summed E-state index contributed by atoms with van der Waals surface area (Å²) in [6.07, 6.45) is 0. The normalized spacial score (nSPS) is 11.7. The van der Waals surface area contributed by atoms with E-state index in [2.05, 4.69) is 0 Å². The van der Waals surface area contributed by atoms with Crippen molar-refractivity contribution in [1.29, 1.82) is 0 Å². The standard InChI is InChI=1S/C26H19O4P/c27-31(28,29)30-25-17-7-16-24(22-14-5-10-18-8-1-3-12-20(18)22)26(25)23-15-6-11-19-9-2-4-13-21(19)23/h1-17H,(H2,27,28,29). The highest BCUT2D eigenvalue weighted by Crippen LogP contribution is 2.48. The lowest BCUT2D eigenvalue weighted by Crippen LogP contribution is -1.96. The SMILES string of the molecule is O=P(O)(O)Oc1cccc(-c2cccc3ccccc23)c1-c1cccc2ccccc12. The molecule has 0 fully saturated rings. The minimum absolute atomic E-state index is 0.148. The molecule has 0 aliphatic carbocycles. The van der Waals surface area contributed by atoms with E-state index in [0.29, 0.717) is 5.56 Å². The molecule has 5 rings (SSSR count). The van der Waals surface area contributed by atoms with Crippen LogP contribution >= 0.6 is 7.82 Å². The maximum Gasteiger partial charge on any atom is 0.524 e. The number of phosphoric acid groups is 1. The van der Waals surface area contributed by atoms with E-state index in [0.717, 1.165) is 38.2 Å². The van der Waals surface area contributed by atoms with Crippen molar-refractivity contribution in [2.45, 2.75) is 0 Å². The Balaban J connectivity index is 1.89. The van der Waals surface area contributed by atoms with Gasteiger partial charge in [-0.2, -0.15) is 0 Å². The second-order valence-corrected chi connectivity index (χ2v) is 8.48. The van der Waals surface area contributed by atoms with Crippen molar-refractivity contribution in [3.05, 3.63) is 103 Å². The van der Waals surface area contributed by atoms with Crippen LogP contribution in [0.1, 0.15) is 0 Å². The molecule has 0 radical (unpaired) electrons. The van der Waals surface area contributed by atoms with Gasteiger partial charge in [-0.05, 0) is 44.3 Å². The minimum Gasteiger partial charge on any atom is -0.404 e. The van der Waals surface area contributed by atoms with E-state index in [-0.39, 0.29) is 5.75 Å². The van der Waals surface area contributed by atoms with Gasteiger partial charge in [0, 0.05) is 5.56 Å². The summed E-state index contributed by atoms with van der Waals surface area (Å²) in [7, 11) is -4.75. The monoisotopic (exact) mass is 426 g/mol. The predicted octanol–water partition coefficient (Wildman–Crippen LogP) is 6.80. The summed E-state index contributed by atoms with van der Waals surface area (Å²) in [6, 6.07) is 33.3. The van der Waals surface area contributed by atoms with E-state index >= 15 is 0 Å². The van der Waals surface area contributed by atoms with Crippen molar-refractivity contribution in [2.24, 2.45) is 0 Å². The van der Waals surface area contributed by atoms with Gasteiger partial charge in [0.05, 0.1) is 0 Å². The average Bonchev–Trinajstić information content (AvgIpc) is 2.77. The summed E-state index contributed by atoms with van der Waals surface area (Å²) < 4.78 is 17.0. The molecule has 0 saturated heterocycles. The van der Waals surface area contributed by atoms with Crippen LogP contribution in [0.4, 0.5) is 0 Å². The summed E-state index contributed by atoms with van der Waals surface area (Å²) >= 11 is 0. The van der Waals surface area contributed by atoms with Gasteiger partial charge >= 0.3 is 7.82 Å². The third-order valence-electron chi connectivity index (χ3n) is 5.38. The Labute approximate surface area is 179 Å². The van der Waals surface area contributed by atoms with Gasteiger partial charge in [-0.15, -0.1) is 0 Å². The molecule has 0 bridgehead atoms. The zero-order valence-electron chi connectivity index (χ0n) is 16.5. The van der Waals surface area contributed by atoms with Crippen LogP contribution in [0.2, 0.25) is 0 Å². The molecule has 0 heterocycles. The van der Waals surface area contributed by atoms with Crippen LogP contribution in [-0.2, 0) is 4.57 Å². The Morgan fingerprint density at radius 3 is 1.68 bits per heavy atom. The smallest absolute Gasteiger partial charge is 0.404 e. The molecule has 5 heteroatoms. The molecule has 0 aromatic heterocycles. The fourth-order valence-electron chi connectivity index (χ4n) is 4.14. The van der Waals surface area contributed by atoms with E-state index in [9.17, 15) is 14.4 Å². The van der Waals surface area contributed by atoms with Gasteiger partial charge in [0.25, 0.3) is 0 Å². The van der Waals surface area contributed by atoms with Crippen molar-refractivity contribution in [3.8, 4) is 28.0 Å². The predicted molar refractivity (Wildman–Crippen MR) is 125 cm³/mol. The fraction of sp³-hybridized carbons (Fsp3) is 0. The summed E-state index contributed by atoms with van der Waals surface area (Å²) in [4.78, 5) is 19.2. The second kappa shape index (κ2) is 7.68. The van der Waals surface area contributed by atoms with Gasteiger partial charge in [0.1, 0.15) is 5.75 Å². The number of rotatable bonds is 4. The van der Waals surface area contributed by atoms with Crippen LogP contribution in [0.25, 0.3) is 43.8 Å². The lowest BCUT2D eigenvalue weighted by molar-refractivity contribution is 0.283. The molecule has 0 saturated carbocycles. The first-order valence-corrected chi connectivity index (χ1v) is 11.4. The third-order valence-corrected chi connectivity index (χ3v) is 5.82. The highest BCUT2D eigenvalue weighted by atomic mass is 31.2. The molecule has 5 aromatic rings. The number of hydrogen-bond acceptors (Lipinski definition) is 2. The van der Waals surface area contributed by atoms with Crippen LogP contribution in [0, 0.1) is 0 Å². The van der Waals surface area contributed by atoms with Crippen LogP contribution < -0.4 is 4.52 Å². The summed E-state index contributed by atoms with van der Waals surface area (Å²) in [5.41, 5.74) is 3.32. The van der Waals surface area contributed by atoms with Crippen LogP contribution in [0.15, 0.2) is 103 Å². The van der Waals surface area contributed by atoms with E-state index in [1.807, 2.05) is 91.0 Å². The molecule has 2 N–H and O–H groups in total. The summed E-state index contributed by atoms with van der Waals surface area (Å²) in [5, 5.41) is 4.16. The maximum atomic E-state index is 11.8. The molecule has 5 aromatic carbocycles. The zero-order chi connectivity index (χ0) is 21.4. The molecule has 31 heavy (non-hydrogen) atoms. The molecule has 0 atom stereocenters. The van der Waals surface area contributed by atoms with E-state index in [1.165, 1.54) is 0 Å². The Morgan fingerprint density at radius 1 is 0.548 bits per heavy atom. The van der Waals surface area contributed by atoms with Crippen LogP contribution in [0.3, 0.4) is 0 Å². The van der Waals surface area contributed by atoms with E-state index in [4.69, 9.17) is 4.52 Å². The fourth-order valence-corrected chi connectivity index (χ4v) is 4.55. The van der Waals surface area contributed by atoms with Crippen molar-refractivity contribution >= 4 is 29.4 Å². The van der Waals surface area contributed by atoms with Gasteiger partial charge in [0.15, 0.2) is 0 Å². The number of phosphoric ester groups is 1. The Hall–Kier alpha value is -3.43. The molecule has 0 amide bonds. The second-order valence-electron chi connectivity index (χ2n) is 7.31. The van der Waals surface area contributed by atoms with E-state index in [1.54, 1.807) is 12.1 Å². The molecule has 0 unspecified atom stereocenters. The Bertz CT molecular complexity index is 1460. The topological polar surface area (TPSA) is 66.8 Å². The van der Waals surface area contributed by atoms with Crippen molar-refractivity contribution < 1.29 is 18.9 Å². The largest absolute Gasteiger partial charge is 0.524 e.